The number of aliphatic imine (C=N–C) groups is 2. The first kappa shape index (κ1) is 32.7. The topological polar surface area (TPSA) is 55.9 Å². The first-order chi connectivity index (χ1) is 28.7. The molecule has 1 atom stereocenters. The molecule has 5 nitrogen and oxygen atoms in total. The van der Waals surface area contributed by atoms with E-state index in [0.29, 0.717) is 12.3 Å². The van der Waals surface area contributed by atoms with Crippen molar-refractivity contribution < 1.29 is 8.83 Å². The largest absolute Gasteiger partial charge is 0.456 e. The maximum absolute atomic E-state index is 6.60. The van der Waals surface area contributed by atoms with Crippen LogP contribution in [0, 0.1) is 5.92 Å². The lowest BCUT2D eigenvalue weighted by Crippen LogP contribution is -2.17. The zero-order valence-corrected chi connectivity index (χ0v) is 31.7. The third kappa shape index (κ3) is 5.03. The Morgan fingerprint density at radius 3 is 2.00 bits per heavy atom. The minimum Gasteiger partial charge on any atom is -0.456 e. The molecule has 1 aliphatic rings. The second kappa shape index (κ2) is 12.8. The van der Waals surface area contributed by atoms with Crippen molar-refractivity contribution >= 4 is 93.7 Å². The van der Waals surface area contributed by atoms with E-state index >= 15 is 0 Å². The number of para-hydroxylation sites is 4. The Bertz CT molecular complexity index is 3560. The molecule has 0 aliphatic carbocycles. The van der Waals surface area contributed by atoms with E-state index in [1.807, 2.05) is 42.5 Å². The highest BCUT2D eigenvalue weighted by atomic mass is 16.3. The Balaban J connectivity index is 1.14. The maximum atomic E-state index is 6.60. The molecule has 12 rings (SSSR count). The van der Waals surface area contributed by atoms with Gasteiger partial charge in [0.1, 0.15) is 22.3 Å². The molecule has 0 radical (unpaired) electrons. The Morgan fingerprint density at radius 1 is 0.500 bits per heavy atom. The van der Waals surface area contributed by atoms with Crippen molar-refractivity contribution in [2.45, 2.75) is 13.3 Å². The molecule has 0 bridgehead atoms. The van der Waals surface area contributed by atoms with Gasteiger partial charge in [0.15, 0.2) is 5.84 Å². The van der Waals surface area contributed by atoms with Gasteiger partial charge in [0, 0.05) is 54.9 Å². The van der Waals surface area contributed by atoms with E-state index in [4.69, 9.17) is 18.8 Å². The van der Waals surface area contributed by atoms with E-state index in [9.17, 15) is 0 Å². The quantitative estimate of drug-likeness (QED) is 0.180. The van der Waals surface area contributed by atoms with E-state index in [1.165, 1.54) is 21.5 Å². The molecule has 0 spiro atoms. The summed E-state index contributed by atoms with van der Waals surface area (Å²) in [6.07, 6.45) is 3.00. The molecular weight excluding hydrogens is 711 g/mol. The van der Waals surface area contributed by atoms with Crippen LogP contribution in [-0.4, -0.2) is 16.1 Å². The molecule has 0 amide bonds. The number of aromatic nitrogens is 1. The van der Waals surface area contributed by atoms with Crippen molar-refractivity contribution in [3.63, 3.8) is 0 Å². The highest BCUT2D eigenvalue weighted by Gasteiger charge is 2.25. The van der Waals surface area contributed by atoms with Crippen molar-refractivity contribution in [2.75, 3.05) is 0 Å². The summed E-state index contributed by atoms with van der Waals surface area (Å²) < 4.78 is 15.6. The van der Waals surface area contributed by atoms with E-state index < -0.39 is 0 Å². The van der Waals surface area contributed by atoms with Crippen LogP contribution in [0.5, 0.6) is 0 Å². The summed E-state index contributed by atoms with van der Waals surface area (Å²) in [6.45, 7) is 2.25. The Labute approximate surface area is 333 Å². The first-order valence-corrected chi connectivity index (χ1v) is 19.9. The van der Waals surface area contributed by atoms with Crippen LogP contribution in [0.3, 0.4) is 0 Å². The highest BCUT2D eigenvalue weighted by molar-refractivity contribution is 6.21. The van der Waals surface area contributed by atoms with Gasteiger partial charge in [0.2, 0.25) is 0 Å². The average Bonchev–Trinajstić information content (AvgIpc) is 3.93. The van der Waals surface area contributed by atoms with E-state index in [-0.39, 0.29) is 5.92 Å². The molecule has 0 saturated heterocycles. The summed E-state index contributed by atoms with van der Waals surface area (Å²) in [4.78, 5) is 11.1. The van der Waals surface area contributed by atoms with Gasteiger partial charge in [-0.2, -0.15) is 0 Å². The second-order valence-electron chi connectivity index (χ2n) is 15.3. The molecule has 1 unspecified atom stereocenters. The lowest BCUT2D eigenvalue weighted by molar-refractivity contribution is 0.666. The first-order valence-electron chi connectivity index (χ1n) is 19.9. The standard InChI is InChI=1S/C53H35N3O2/c1-32-26-27-44(54-53(33-14-3-2-4-15-33)55-51(32)40-22-13-21-39-37-19-8-12-25-49(37)58-52(39)40)43-31-50-42(38-20-9-11-24-48(38)57-50)30-47(43)56-45-23-10-7-18-36(45)41-28-34-16-5-6-17-35(34)29-46(41)56/h2-25,27-32H,26H2,1H3/b44-27+,54-53-,55-51+. The molecular formula is C53H35N3O2. The number of fused-ring (bicyclic) bond motifs is 10. The molecule has 1 aliphatic heterocycles. The smallest absolute Gasteiger partial charge is 0.160 e. The number of furan rings is 2. The normalized spacial score (nSPS) is 17.7. The van der Waals surface area contributed by atoms with Crippen molar-refractivity contribution in [3.05, 3.63) is 193 Å². The van der Waals surface area contributed by atoms with Gasteiger partial charge in [-0.25, -0.2) is 9.98 Å². The van der Waals surface area contributed by atoms with Gasteiger partial charge in [-0.3, -0.25) is 0 Å². The van der Waals surface area contributed by atoms with Gasteiger partial charge in [0.25, 0.3) is 0 Å². The van der Waals surface area contributed by atoms with Crippen LogP contribution in [0.1, 0.15) is 30.0 Å². The molecule has 0 N–H and O–H groups in total. The highest BCUT2D eigenvalue weighted by Crippen LogP contribution is 2.42. The van der Waals surface area contributed by atoms with Crippen LogP contribution in [-0.2, 0) is 0 Å². The van der Waals surface area contributed by atoms with Crippen molar-refractivity contribution in [1.29, 1.82) is 0 Å². The predicted molar refractivity (Wildman–Crippen MR) is 241 cm³/mol. The molecule has 58 heavy (non-hydrogen) atoms. The monoisotopic (exact) mass is 745 g/mol. The summed E-state index contributed by atoms with van der Waals surface area (Å²) in [5.74, 6) is 0.686. The Morgan fingerprint density at radius 2 is 1.17 bits per heavy atom. The van der Waals surface area contributed by atoms with Crippen LogP contribution < -0.4 is 0 Å². The van der Waals surface area contributed by atoms with Gasteiger partial charge in [-0.05, 0) is 65.7 Å². The number of amidine groups is 1. The van der Waals surface area contributed by atoms with Crippen LogP contribution in [0.4, 0.5) is 0 Å². The van der Waals surface area contributed by atoms with Crippen LogP contribution >= 0.6 is 0 Å². The predicted octanol–water partition coefficient (Wildman–Crippen LogP) is 14.1. The van der Waals surface area contributed by atoms with Gasteiger partial charge in [0.05, 0.1) is 28.1 Å². The summed E-state index contributed by atoms with van der Waals surface area (Å²) in [6, 6.07) is 59.7. The number of hydrogen-bond acceptors (Lipinski definition) is 4. The molecule has 0 saturated carbocycles. The number of hydrogen-bond donors (Lipinski definition) is 0. The third-order valence-corrected chi connectivity index (χ3v) is 11.8. The minimum absolute atomic E-state index is 0.0426. The van der Waals surface area contributed by atoms with E-state index in [0.717, 1.165) is 88.7 Å². The maximum Gasteiger partial charge on any atom is 0.160 e. The second-order valence-corrected chi connectivity index (χ2v) is 15.3. The van der Waals surface area contributed by atoms with Crippen molar-refractivity contribution in [3.8, 4) is 5.69 Å². The number of benzene rings is 8. The number of allylic oxidation sites excluding steroid dienone is 1. The third-order valence-electron chi connectivity index (χ3n) is 11.8. The summed E-state index contributed by atoms with van der Waals surface area (Å²) >= 11 is 0. The number of nitrogens with zero attached hydrogens (tertiary/aromatic N) is 3. The lowest BCUT2D eigenvalue weighted by atomic mass is 9.92. The Hall–Kier alpha value is -7.50. The van der Waals surface area contributed by atoms with Crippen molar-refractivity contribution in [1.82, 2.24) is 4.57 Å². The molecule has 4 heterocycles. The fourth-order valence-corrected chi connectivity index (χ4v) is 9.03. The summed E-state index contributed by atoms with van der Waals surface area (Å²) in [7, 11) is 0. The molecule has 11 aromatic rings. The zero-order valence-electron chi connectivity index (χ0n) is 31.7. The van der Waals surface area contributed by atoms with Gasteiger partial charge in [-0.15, -0.1) is 0 Å². The molecule has 274 valence electrons. The average molecular weight is 746 g/mol. The molecule has 3 aromatic heterocycles. The Kier molecular flexibility index (Phi) is 7.20. The van der Waals surface area contributed by atoms with Crippen LogP contribution in [0.15, 0.2) is 195 Å². The summed E-state index contributed by atoms with van der Waals surface area (Å²) in [5, 5.41) is 9.16. The van der Waals surface area contributed by atoms with Crippen LogP contribution in [0.2, 0.25) is 0 Å². The van der Waals surface area contributed by atoms with E-state index in [2.05, 4.69) is 145 Å². The fourth-order valence-electron chi connectivity index (χ4n) is 9.03. The van der Waals surface area contributed by atoms with Crippen molar-refractivity contribution in [2.24, 2.45) is 15.9 Å². The van der Waals surface area contributed by atoms with Crippen LogP contribution in [0.25, 0.3) is 87.8 Å². The van der Waals surface area contributed by atoms with Gasteiger partial charge >= 0.3 is 0 Å². The summed E-state index contributed by atoms with van der Waals surface area (Å²) in [5.41, 5.74) is 11.4. The SMILES string of the molecule is CC1C/C=C(c2cc3oc4ccccc4c3cc2-n2c3ccccc3c3cc4ccccc4cc32)/N=C(c2ccccc2)\N=C/1c1cccc2c1oc1ccccc12. The van der Waals surface area contributed by atoms with E-state index in [1.54, 1.807) is 0 Å². The number of rotatable bonds is 4. The molecule has 5 heteroatoms. The molecule has 0 fully saturated rings. The zero-order chi connectivity index (χ0) is 38.3. The minimum atomic E-state index is 0.0426. The lowest BCUT2D eigenvalue weighted by Gasteiger charge is -2.20. The molecule has 8 aromatic carbocycles. The van der Waals surface area contributed by atoms with Gasteiger partial charge < -0.3 is 13.4 Å². The van der Waals surface area contributed by atoms with Gasteiger partial charge in [-0.1, -0.05) is 134 Å². The fraction of sp³-hybridized carbons (Fsp3) is 0.0566.